The van der Waals surface area contributed by atoms with Crippen molar-refractivity contribution >= 4 is 22.9 Å². The molecule has 4 rings (SSSR count). The second-order valence-corrected chi connectivity index (χ2v) is 7.55. The first kappa shape index (κ1) is 21.3. The molecule has 2 heterocycles. The molecule has 0 saturated carbocycles. The van der Waals surface area contributed by atoms with E-state index in [9.17, 15) is 5.11 Å². The molecule has 1 aromatic heterocycles. The fourth-order valence-corrected chi connectivity index (χ4v) is 3.99. The number of benzene rings is 2. The van der Waals surface area contributed by atoms with Gasteiger partial charge in [-0.05, 0) is 23.6 Å². The standard InChI is InChI=1S/C24H27N3O.Li/c1-4-16(2)22-23-19(18-12-8-9-13-21(18)27(23)3)14-20(26-22)24(28)25-15-17-10-6-5-7-11-17;/h5-14,16,22,26H,4,15H2,1-3H3,(H,25,28);/q;+1/p-1. The molecule has 2 unspecified atom stereocenters. The van der Waals surface area contributed by atoms with Crippen LogP contribution in [0.5, 0.6) is 0 Å². The molecule has 0 spiro atoms. The Morgan fingerprint density at radius 1 is 1.14 bits per heavy atom. The van der Waals surface area contributed by atoms with Gasteiger partial charge >= 0.3 is 18.9 Å². The Morgan fingerprint density at radius 3 is 2.55 bits per heavy atom. The van der Waals surface area contributed by atoms with Crippen molar-refractivity contribution in [3.8, 4) is 0 Å². The molecule has 5 heteroatoms. The molecule has 2 atom stereocenters. The van der Waals surface area contributed by atoms with Gasteiger partial charge in [0.05, 0.1) is 12.6 Å². The second-order valence-electron chi connectivity index (χ2n) is 7.55. The Labute approximate surface area is 184 Å². The van der Waals surface area contributed by atoms with Crippen molar-refractivity contribution in [2.24, 2.45) is 18.0 Å². The van der Waals surface area contributed by atoms with Gasteiger partial charge in [-0.1, -0.05) is 68.8 Å². The van der Waals surface area contributed by atoms with Gasteiger partial charge in [0.15, 0.2) is 0 Å². The Morgan fingerprint density at radius 2 is 1.83 bits per heavy atom. The van der Waals surface area contributed by atoms with Crippen LogP contribution in [-0.2, 0) is 13.6 Å². The van der Waals surface area contributed by atoms with Crippen LogP contribution in [0.4, 0.5) is 0 Å². The van der Waals surface area contributed by atoms with Crippen LogP contribution in [-0.4, -0.2) is 10.5 Å². The first-order valence-corrected chi connectivity index (χ1v) is 9.91. The third kappa shape index (κ3) is 4.01. The van der Waals surface area contributed by atoms with Gasteiger partial charge in [-0.15, -0.1) is 0 Å². The molecule has 0 amide bonds. The Balaban J connectivity index is 0.00000240. The summed E-state index contributed by atoms with van der Waals surface area (Å²) in [5, 5.41) is 17.6. The fraction of sp³-hybridized carbons (Fsp3) is 0.292. The van der Waals surface area contributed by atoms with E-state index in [1.807, 2.05) is 36.4 Å². The average molecular weight is 379 g/mol. The van der Waals surface area contributed by atoms with Crippen LogP contribution in [0.15, 0.2) is 65.3 Å². The summed E-state index contributed by atoms with van der Waals surface area (Å²) in [5.41, 5.74) is 5.20. The third-order valence-corrected chi connectivity index (χ3v) is 5.78. The molecule has 3 aromatic rings. The number of aliphatic imine (C=N–C) groups is 1. The van der Waals surface area contributed by atoms with E-state index in [0.29, 0.717) is 18.2 Å². The first-order chi connectivity index (χ1) is 13.6. The Bertz CT molecular complexity index is 1050. The molecule has 0 fully saturated rings. The zero-order chi connectivity index (χ0) is 19.7. The van der Waals surface area contributed by atoms with Crippen molar-refractivity contribution in [2.75, 3.05) is 0 Å². The van der Waals surface area contributed by atoms with E-state index in [0.717, 1.165) is 17.5 Å². The van der Waals surface area contributed by atoms with Gasteiger partial charge in [-0.3, -0.25) is 4.99 Å². The number of rotatable bonds is 5. The summed E-state index contributed by atoms with van der Waals surface area (Å²) >= 11 is 0. The van der Waals surface area contributed by atoms with E-state index < -0.39 is 0 Å². The third-order valence-electron chi connectivity index (χ3n) is 5.78. The van der Waals surface area contributed by atoms with Gasteiger partial charge in [0.25, 0.3) is 0 Å². The number of aryl methyl sites for hydroxylation is 1. The van der Waals surface area contributed by atoms with Crippen LogP contribution in [0.1, 0.15) is 43.1 Å². The molecular formula is C24H26LiN3O. The zero-order valence-electron chi connectivity index (χ0n) is 17.6. The van der Waals surface area contributed by atoms with Crippen molar-refractivity contribution in [1.29, 1.82) is 0 Å². The van der Waals surface area contributed by atoms with Crippen LogP contribution in [0.2, 0.25) is 0 Å². The molecule has 1 aliphatic rings. The van der Waals surface area contributed by atoms with Crippen LogP contribution < -0.4 is 29.3 Å². The van der Waals surface area contributed by atoms with Crippen molar-refractivity contribution in [3.63, 3.8) is 0 Å². The number of nitrogens with zero attached hydrogens (tertiary/aromatic N) is 2. The van der Waals surface area contributed by atoms with Crippen molar-refractivity contribution in [1.82, 2.24) is 9.88 Å². The number of hydrogen-bond acceptors (Lipinski definition) is 3. The summed E-state index contributed by atoms with van der Waals surface area (Å²) in [6, 6.07) is 18.4. The van der Waals surface area contributed by atoms with Crippen LogP contribution in [0, 0.1) is 5.92 Å². The predicted octanol–water partition coefficient (Wildman–Crippen LogP) is 1.17. The molecule has 4 nitrogen and oxygen atoms in total. The van der Waals surface area contributed by atoms with Gasteiger partial charge in [0.2, 0.25) is 0 Å². The summed E-state index contributed by atoms with van der Waals surface area (Å²) in [6.45, 7) is 4.82. The maximum Gasteiger partial charge on any atom is 1.00 e. The van der Waals surface area contributed by atoms with Gasteiger partial charge < -0.3 is 15.0 Å². The van der Waals surface area contributed by atoms with E-state index in [2.05, 4.69) is 60.0 Å². The van der Waals surface area contributed by atoms with Crippen LogP contribution in [0.3, 0.4) is 0 Å². The number of aromatic nitrogens is 1. The molecule has 1 aliphatic heterocycles. The second kappa shape index (κ2) is 8.94. The molecule has 0 aliphatic carbocycles. The van der Waals surface area contributed by atoms with E-state index in [-0.39, 0.29) is 30.8 Å². The number of para-hydroxylation sites is 1. The zero-order valence-corrected chi connectivity index (χ0v) is 17.6. The maximum atomic E-state index is 12.9. The quantitative estimate of drug-likeness (QED) is 0.411. The van der Waals surface area contributed by atoms with Gasteiger partial charge in [-0.2, -0.15) is 0 Å². The fourth-order valence-electron chi connectivity index (χ4n) is 3.99. The summed E-state index contributed by atoms with van der Waals surface area (Å²) in [7, 11) is 2.11. The van der Waals surface area contributed by atoms with Gasteiger partial charge in [-0.25, -0.2) is 0 Å². The van der Waals surface area contributed by atoms with E-state index in [1.165, 1.54) is 16.6 Å². The Kier molecular flexibility index (Phi) is 6.57. The van der Waals surface area contributed by atoms with Crippen LogP contribution in [0.25, 0.3) is 17.0 Å². The van der Waals surface area contributed by atoms with Gasteiger partial charge in [0.1, 0.15) is 0 Å². The first-order valence-electron chi connectivity index (χ1n) is 9.91. The molecule has 1 N–H and O–H groups in total. The molecule has 144 valence electrons. The van der Waals surface area contributed by atoms with Crippen molar-refractivity contribution < 1.29 is 24.0 Å². The minimum absolute atomic E-state index is 0. The van der Waals surface area contributed by atoms with E-state index in [4.69, 9.17) is 0 Å². The summed E-state index contributed by atoms with van der Waals surface area (Å²) in [4.78, 5) is 4.32. The molecule has 2 aromatic carbocycles. The van der Waals surface area contributed by atoms with Crippen molar-refractivity contribution in [3.05, 3.63) is 77.1 Å². The number of fused-ring (bicyclic) bond motifs is 3. The monoisotopic (exact) mass is 379 g/mol. The van der Waals surface area contributed by atoms with E-state index in [1.54, 1.807) is 0 Å². The summed E-state index contributed by atoms with van der Waals surface area (Å²) in [6.07, 6.45) is 3.01. The minimum Gasteiger partial charge on any atom is -0.857 e. The molecule has 0 bridgehead atoms. The molecular weight excluding hydrogens is 353 g/mol. The predicted molar refractivity (Wildman–Crippen MR) is 114 cm³/mol. The average Bonchev–Trinajstić information content (AvgIpc) is 3.04. The largest absolute Gasteiger partial charge is 1.00 e. The Hall–Kier alpha value is -2.41. The molecule has 0 radical (unpaired) electrons. The normalized spacial score (nSPS) is 17.1. The summed E-state index contributed by atoms with van der Waals surface area (Å²) in [5.74, 6) is 0.211. The number of nitrogens with one attached hydrogen (secondary N) is 1. The topological polar surface area (TPSA) is 52.4 Å². The molecule has 0 saturated heterocycles. The SMILES string of the molecule is CCC(C)C1NC(C([O-])=NCc2ccccc2)=Cc2c1n(C)c1ccccc21.[Li+]. The minimum atomic E-state index is -0.184. The van der Waals surface area contributed by atoms with Gasteiger partial charge in [0, 0.05) is 40.8 Å². The maximum absolute atomic E-state index is 12.9. The van der Waals surface area contributed by atoms with E-state index >= 15 is 0 Å². The van der Waals surface area contributed by atoms with Crippen molar-refractivity contribution in [2.45, 2.75) is 32.9 Å². The van der Waals surface area contributed by atoms with Crippen LogP contribution >= 0.6 is 0 Å². The molecule has 29 heavy (non-hydrogen) atoms. The summed E-state index contributed by atoms with van der Waals surface area (Å²) < 4.78 is 2.26. The number of hydrogen-bond donors (Lipinski definition) is 1. The smallest absolute Gasteiger partial charge is 0.857 e.